The van der Waals surface area contributed by atoms with Crippen LogP contribution >= 0.6 is 11.6 Å². The molecule has 0 aliphatic heterocycles. The first-order valence-corrected chi connectivity index (χ1v) is 8.92. The second kappa shape index (κ2) is 7.34. The van der Waals surface area contributed by atoms with Crippen LogP contribution in [0.5, 0.6) is 0 Å². The van der Waals surface area contributed by atoms with Crippen LogP contribution in [-0.4, -0.2) is 25.8 Å². The summed E-state index contributed by atoms with van der Waals surface area (Å²) in [5.41, 5.74) is -0.423. The molecular formula is C20H12ClF3N4O2. The Labute approximate surface area is 171 Å². The van der Waals surface area contributed by atoms with Gasteiger partial charge in [-0.3, -0.25) is 4.79 Å². The summed E-state index contributed by atoms with van der Waals surface area (Å²) in [6.07, 6.45) is -2.03. The van der Waals surface area contributed by atoms with Crippen LogP contribution in [0.25, 0.3) is 22.4 Å². The molecule has 4 aromatic rings. The van der Waals surface area contributed by atoms with E-state index in [0.29, 0.717) is 10.9 Å². The predicted molar refractivity (Wildman–Crippen MR) is 103 cm³/mol. The highest BCUT2D eigenvalue weighted by atomic mass is 35.5. The normalized spacial score (nSPS) is 11.6. The molecule has 0 spiro atoms. The third-order valence-corrected chi connectivity index (χ3v) is 4.55. The van der Waals surface area contributed by atoms with E-state index in [0.717, 1.165) is 10.8 Å². The summed E-state index contributed by atoms with van der Waals surface area (Å²) in [7, 11) is 0. The van der Waals surface area contributed by atoms with Crippen molar-refractivity contribution < 1.29 is 23.2 Å². The zero-order valence-corrected chi connectivity index (χ0v) is 15.7. The van der Waals surface area contributed by atoms with Crippen LogP contribution in [0.3, 0.4) is 0 Å². The number of halogens is 4. The van der Waals surface area contributed by atoms with Gasteiger partial charge in [0.05, 0.1) is 22.0 Å². The Hall–Kier alpha value is -3.59. The molecule has 0 fully saturated rings. The highest BCUT2D eigenvalue weighted by Gasteiger charge is 2.34. The number of aromatic amines is 1. The van der Waals surface area contributed by atoms with E-state index in [1.165, 1.54) is 42.7 Å². The molecule has 2 heterocycles. The fraction of sp³-hybridized carbons (Fsp3) is 0.0500. The third kappa shape index (κ3) is 3.79. The van der Waals surface area contributed by atoms with Crippen molar-refractivity contribution in [3.8, 4) is 11.4 Å². The number of nitrogens with zero attached hydrogens (tertiary/aromatic N) is 3. The molecule has 4 rings (SSSR count). The van der Waals surface area contributed by atoms with Crippen molar-refractivity contribution in [1.29, 1.82) is 0 Å². The Morgan fingerprint density at radius 2 is 1.87 bits per heavy atom. The Balaban J connectivity index is 1.84. The lowest BCUT2D eigenvalue weighted by atomic mass is 10.1. The van der Waals surface area contributed by atoms with Crippen molar-refractivity contribution in [3.05, 3.63) is 82.4 Å². The number of imidazole rings is 1. The number of benzene rings is 2. The monoisotopic (exact) mass is 432 g/mol. The van der Waals surface area contributed by atoms with E-state index in [2.05, 4.69) is 15.0 Å². The van der Waals surface area contributed by atoms with Gasteiger partial charge >= 0.3 is 6.18 Å². The number of nitrogens with one attached hydrogen (secondary N) is 1. The number of hydrogen-bond donors (Lipinski definition) is 2. The number of H-pyrrole nitrogens is 1. The SMILES string of the molecule is O=C(N=c1ccn(O)cc1)c1cccc2[nH]c(-c3ccc(Cl)cc3C(F)(F)F)nc12. The number of fused-ring (bicyclic) bond motifs is 1. The number of alkyl halides is 3. The second-order valence-corrected chi connectivity index (χ2v) is 6.76. The van der Waals surface area contributed by atoms with Gasteiger partial charge in [-0.05, 0) is 42.5 Å². The molecular weight excluding hydrogens is 421 g/mol. The van der Waals surface area contributed by atoms with Crippen molar-refractivity contribution in [1.82, 2.24) is 14.7 Å². The van der Waals surface area contributed by atoms with Gasteiger partial charge in [-0.2, -0.15) is 13.2 Å². The summed E-state index contributed by atoms with van der Waals surface area (Å²) >= 11 is 5.74. The molecule has 0 saturated carbocycles. The van der Waals surface area contributed by atoms with E-state index in [-0.39, 0.29) is 27.5 Å². The van der Waals surface area contributed by atoms with Crippen LogP contribution in [0.15, 0.2) is 65.9 Å². The van der Waals surface area contributed by atoms with Crippen LogP contribution in [0.1, 0.15) is 15.9 Å². The summed E-state index contributed by atoms with van der Waals surface area (Å²) in [6, 6.07) is 10.9. The third-order valence-electron chi connectivity index (χ3n) is 4.31. The number of carbonyl (C=O) groups is 1. The van der Waals surface area contributed by atoms with Crippen molar-refractivity contribution in [2.75, 3.05) is 0 Å². The first-order chi connectivity index (χ1) is 14.2. The summed E-state index contributed by atoms with van der Waals surface area (Å²) in [6.45, 7) is 0. The van der Waals surface area contributed by atoms with Gasteiger partial charge < -0.3 is 10.2 Å². The maximum Gasteiger partial charge on any atom is 0.417 e. The number of carbonyl (C=O) groups excluding carboxylic acids is 1. The molecule has 10 heteroatoms. The molecule has 0 unspecified atom stereocenters. The van der Waals surface area contributed by atoms with Crippen LogP contribution in [0.4, 0.5) is 13.2 Å². The van der Waals surface area contributed by atoms with Gasteiger partial charge in [0.15, 0.2) is 0 Å². The smallest absolute Gasteiger partial charge is 0.417 e. The van der Waals surface area contributed by atoms with Gasteiger partial charge in [0.1, 0.15) is 11.3 Å². The Morgan fingerprint density at radius 1 is 1.13 bits per heavy atom. The standard InChI is InChI=1S/C20H12ClF3N4O2/c21-11-4-5-13(15(10-11)20(22,23)24)18-26-16-3-1-2-14(17(16)27-18)19(29)25-12-6-8-28(30)9-7-12/h1-10,30H,(H,26,27). The number of para-hydroxylation sites is 1. The molecule has 0 bridgehead atoms. The molecule has 152 valence electrons. The fourth-order valence-corrected chi connectivity index (χ4v) is 3.12. The van der Waals surface area contributed by atoms with E-state index in [1.54, 1.807) is 12.1 Å². The molecule has 2 N–H and O–H groups in total. The number of hydrogen-bond acceptors (Lipinski definition) is 3. The maximum atomic E-state index is 13.5. The largest absolute Gasteiger partial charge is 0.429 e. The highest BCUT2D eigenvalue weighted by Crippen LogP contribution is 2.38. The Bertz CT molecular complexity index is 1320. The quantitative estimate of drug-likeness (QED) is 0.451. The molecule has 6 nitrogen and oxygen atoms in total. The van der Waals surface area contributed by atoms with E-state index in [4.69, 9.17) is 11.6 Å². The van der Waals surface area contributed by atoms with E-state index < -0.39 is 17.6 Å². The van der Waals surface area contributed by atoms with Crippen LogP contribution in [0.2, 0.25) is 5.02 Å². The minimum Gasteiger partial charge on any atom is -0.429 e. The molecule has 30 heavy (non-hydrogen) atoms. The first kappa shape index (κ1) is 19.7. The Kier molecular flexibility index (Phi) is 4.83. The molecule has 2 aromatic heterocycles. The average molecular weight is 433 g/mol. The lowest BCUT2D eigenvalue weighted by Crippen LogP contribution is -2.08. The van der Waals surface area contributed by atoms with Crippen molar-refractivity contribution in [3.63, 3.8) is 0 Å². The van der Waals surface area contributed by atoms with Crippen molar-refractivity contribution in [2.45, 2.75) is 6.18 Å². The zero-order valence-electron chi connectivity index (χ0n) is 15.0. The second-order valence-electron chi connectivity index (χ2n) is 6.33. The zero-order chi connectivity index (χ0) is 21.5. The molecule has 0 aliphatic carbocycles. The number of rotatable bonds is 2. The van der Waals surface area contributed by atoms with Gasteiger partial charge in [-0.1, -0.05) is 17.7 Å². The van der Waals surface area contributed by atoms with Gasteiger partial charge in [0.2, 0.25) is 0 Å². The first-order valence-electron chi connectivity index (χ1n) is 8.55. The molecule has 0 atom stereocenters. The topological polar surface area (TPSA) is 83.3 Å². The molecule has 0 saturated heterocycles. The predicted octanol–water partition coefficient (Wildman–Crippen LogP) is 4.68. The fourth-order valence-electron chi connectivity index (χ4n) is 2.95. The highest BCUT2D eigenvalue weighted by molar-refractivity contribution is 6.30. The van der Waals surface area contributed by atoms with E-state index >= 15 is 0 Å². The summed E-state index contributed by atoms with van der Waals surface area (Å²) in [5, 5.41) is 9.49. The van der Waals surface area contributed by atoms with Crippen LogP contribution in [0, 0.1) is 0 Å². The lowest BCUT2D eigenvalue weighted by Gasteiger charge is -2.11. The van der Waals surface area contributed by atoms with Gasteiger partial charge in [0, 0.05) is 23.0 Å². The maximum absolute atomic E-state index is 13.5. The van der Waals surface area contributed by atoms with Crippen molar-refractivity contribution >= 4 is 28.5 Å². The average Bonchev–Trinajstić information content (AvgIpc) is 3.13. The number of amides is 1. The molecule has 0 aliphatic rings. The van der Waals surface area contributed by atoms with Gasteiger partial charge in [-0.25, -0.2) is 14.7 Å². The molecule has 2 aromatic carbocycles. The van der Waals surface area contributed by atoms with Crippen LogP contribution in [-0.2, 0) is 6.18 Å². The Morgan fingerprint density at radius 3 is 2.57 bits per heavy atom. The lowest BCUT2D eigenvalue weighted by molar-refractivity contribution is -0.137. The molecule has 1 amide bonds. The van der Waals surface area contributed by atoms with Crippen LogP contribution < -0.4 is 5.36 Å². The van der Waals surface area contributed by atoms with E-state index in [1.807, 2.05) is 0 Å². The summed E-state index contributed by atoms with van der Waals surface area (Å²) < 4.78 is 41.2. The number of pyridine rings is 1. The summed E-state index contributed by atoms with van der Waals surface area (Å²) in [5.74, 6) is -0.670. The van der Waals surface area contributed by atoms with Crippen molar-refractivity contribution in [2.24, 2.45) is 4.99 Å². The van der Waals surface area contributed by atoms with E-state index in [9.17, 15) is 23.2 Å². The minimum absolute atomic E-state index is 0.0460. The minimum atomic E-state index is -4.63. The van der Waals surface area contributed by atoms with Gasteiger partial charge in [-0.15, -0.1) is 0 Å². The van der Waals surface area contributed by atoms with Gasteiger partial charge in [0.25, 0.3) is 5.91 Å². The number of aromatic nitrogens is 3. The summed E-state index contributed by atoms with van der Waals surface area (Å²) in [4.78, 5) is 23.7. The molecule has 0 radical (unpaired) electrons.